The minimum atomic E-state index is -4.38. The molecule has 2 rings (SSSR count). The Kier molecular flexibility index (Phi) is 6.44. The number of carbonyl (C=O) groups excluding carboxylic acids is 1. The highest BCUT2D eigenvalue weighted by molar-refractivity contribution is 5.77. The third kappa shape index (κ3) is 6.02. The quantitative estimate of drug-likeness (QED) is 0.796. The minimum absolute atomic E-state index is 0.0431. The van der Waals surface area contributed by atoms with Gasteiger partial charge in [-0.15, -0.1) is 0 Å². The molecule has 0 unspecified atom stereocenters. The van der Waals surface area contributed by atoms with E-state index in [4.69, 9.17) is 5.11 Å². The van der Waals surface area contributed by atoms with Crippen molar-refractivity contribution in [3.8, 4) is 11.1 Å². The number of carboxylic acid groups (broad SMARTS) is 1. The summed E-state index contributed by atoms with van der Waals surface area (Å²) in [7, 11) is 1.38. The second-order valence-corrected chi connectivity index (χ2v) is 6.01. The Labute approximate surface area is 154 Å². The van der Waals surface area contributed by atoms with Gasteiger partial charge in [0.2, 0.25) is 5.91 Å². The van der Waals surface area contributed by atoms with Gasteiger partial charge in [-0.2, -0.15) is 13.2 Å². The fraction of sp³-hybridized carbons (Fsp3) is 0.263. The van der Waals surface area contributed by atoms with E-state index in [9.17, 15) is 22.8 Å². The van der Waals surface area contributed by atoms with Crippen LogP contribution in [0.3, 0.4) is 0 Å². The highest BCUT2D eigenvalue weighted by atomic mass is 19.4. The number of nitrogens with zero attached hydrogens (tertiary/aromatic N) is 1. The normalized spacial score (nSPS) is 11.1. The van der Waals surface area contributed by atoms with Crippen molar-refractivity contribution >= 4 is 12.0 Å². The summed E-state index contributed by atoms with van der Waals surface area (Å²) < 4.78 is 37.9. The molecule has 0 aliphatic heterocycles. The Morgan fingerprint density at radius 2 is 1.74 bits per heavy atom. The molecule has 5 nitrogen and oxygen atoms in total. The second-order valence-electron chi connectivity index (χ2n) is 6.01. The van der Waals surface area contributed by atoms with Gasteiger partial charge in [0, 0.05) is 26.6 Å². The highest BCUT2D eigenvalue weighted by Crippen LogP contribution is 2.31. The van der Waals surface area contributed by atoms with Crippen molar-refractivity contribution in [2.24, 2.45) is 0 Å². The van der Waals surface area contributed by atoms with E-state index in [0.29, 0.717) is 5.56 Å². The molecule has 0 heterocycles. The average molecular weight is 380 g/mol. The zero-order valence-electron chi connectivity index (χ0n) is 14.6. The van der Waals surface area contributed by atoms with Crippen molar-refractivity contribution in [2.45, 2.75) is 19.1 Å². The van der Waals surface area contributed by atoms with Crippen LogP contribution in [0, 0.1) is 0 Å². The first-order valence-electron chi connectivity index (χ1n) is 8.14. The summed E-state index contributed by atoms with van der Waals surface area (Å²) in [6, 6.07) is 12.0. The summed E-state index contributed by atoms with van der Waals surface area (Å²) in [6.45, 7) is 0.330. The molecular formula is C19H19F3N2O3. The summed E-state index contributed by atoms with van der Waals surface area (Å²) in [6.07, 6.45) is -5.44. The average Bonchev–Trinajstić information content (AvgIpc) is 2.64. The molecule has 2 amide bonds. The summed E-state index contributed by atoms with van der Waals surface area (Å²) in [5, 5.41) is 11.4. The standard InChI is InChI=1S/C19H19F3N2O3/c1-24(18(26)27)10-9-17(25)23-12-13-3-2-4-15(11-13)14-5-7-16(8-6-14)19(20,21)22/h2-8,11H,9-10,12H2,1H3,(H,23,25)(H,26,27). The number of hydrogen-bond donors (Lipinski definition) is 2. The molecule has 2 aromatic rings. The zero-order chi connectivity index (χ0) is 20.0. The molecule has 0 saturated carbocycles. The monoisotopic (exact) mass is 380 g/mol. The molecule has 0 aromatic heterocycles. The Morgan fingerprint density at radius 3 is 2.33 bits per heavy atom. The van der Waals surface area contributed by atoms with Crippen LogP contribution in [0.25, 0.3) is 11.1 Å². The van der Waals surface area contributed by atoms with Crippen molar-refractivity contribution in [1.29, 1.82) is 0 Å². The van der Waals surface area contributed by atoms with Crippen molar-refractivity contribution in [3.63, 3.8) is 0 Å². The molecular weight excluding hydrogens is 361 g/mol. The molecule has 0 atom stereocenters. The van der Waals surface area contributed by atoms with Gasteiger partial charge >= 0.3 is 12.3 Å². The maximum atomic E-state index is 12.6. The molecule has 0 aliphatic rings. The first-order chi connectivity index (χ1) is 12.7. The maximum Gasteiger partial charge on any atom is 0.416 e. The molecule has 144 valence electrons. The maximum absolute atomic E-state index is 12.6. The summed E-state index contributed by atoms with van der Waals surface area (Å²) >= 11 is 0. The molecule has 0 radical (unpaired) electrons. The predicted octanol–water partition coefficient (Wildman–Crippen LogP) is 3.99. The van der Waals surface area contributed by atoms with Crippen LogP contribution in [0.15, 0.2) is 48.5 Å². The lowest BCUT2D eigenvalue weighted by Gasteiger charge is -2.13. The Bertz CT molecular complexity index is 805. The van der Waals surface area contributed by atoms with Gasteiger partial charge in [-0.1, -0.05) is 30.3 Å². The number of rotatable bonds is 6. The fourth-order valence-corrected chi connectivity index (χ4v) is 2.37. The fourth-order valence-electron chi connectivity index (χ4n) is 2.37. The van der Waals surface area contributed by atoms with Crippen LogP contribution < -0.4 is 5.32 Å². The second kappa shape index (κ2) is 8.57. The Balaban J connectivity index is 1.97. The molecule has 0 saturated heterocycles. The van der Waals surface area contributed by atoms with Crippen LogP contribution in [0.4, 0.5) is 18.0 Å². The predicted molar refractivity (Wildman–Crippen MR) is 94.0 cm³/mol. The van der Waals surface area contributed by atoms with Crippen molar-refractivity contribution < 1.29 is 27.9 Å². The van der Waals surface area contributed by atoms with Crippen LogP contribution >= 0.6 is 0 Å². The lowest BCUT2D eigenvalue weighted by atomic mass is 10.0. The van der Waals surface area contributed by atoms with Gasteiger partial charge in [0.05, 0.1) is 5.56 Å². The Hall–Kier alpha value is -3.03. The molecule has 0 spiro atoms. The van der Waals surface area contributed by atoms with Gasteiger partial charge < -0.3 is 15.3 Å². The summed E-state index contributed by atoms with van der Waals surface area (Å²) in [5.74, 6) is -0.289. The van der Waals surface area contributed by atoms with E-state index in [1.165, 1.54) is 19.2 Å². The first kappa shape index (κ1) is 20.3. The molecule has 27 heavy (non-hydrogen) atoms. The van der Waals surface area contributed by atoms with Gasteiger partial charge in [0.15, 0.2) is 0 Å². The SMILES string of the molecule is CN(CCC(=O)NCc1cccc(-c2ccc(C(F)(F)F)cc2)c1)C(=O)O. The minimum Gasteiger partial charge on any atom is -0.465 e. The molecule has 0 bridgehead atoms. The van der Waals surface area contributed by atoms with Crippen molar-refractivity contribution in [3.05, 3.63) is 59.7 Å². The third-order valence-corrected chi connectivity index (χ3v) is 3.96. The van der Waals surface area contributed by atoms with Gasteiger partial charge in [-0.3, -0.25) is 4.79 Å². The number of nitrogens with one attached hydrogen (secondary N) is 1. The van der Waals surface area contributed by atoms with E-state index >= 15 is 0 Å². The zero-order valence-corrected chi connectivity index (χ0v) is 14.6. The van der Waals surface area contributed by atoms with Crippen LogP contribution in [0.5, 0.6) is 0 Å². The summed E-state index contributed by atoms with van der Waals surface area (Å²) in [4.78, 5) is 23.5. The molecule has 8 heteroatoms. The van der Waals surface area contributed by atoms with Crippen LogP contribution in [0.1, 0.15) is 17.5 Å². The van der Waals surface area contributed by atoms with E-state index < -0.39 is 17.8 Å². The molecule has 0 fully saturated rings. The van der Waals surface area contributed by atoms with Gasteiger partial charge in [-0.25, -0.2) is 4.79 Å². The van der Waals surface area contributed by atoms with E-state index in [1.54, 1.807) is 24.3 Å². The Morgan fingerprint density at radius 1 is 1.07 bits per heavy atom. The highest BCUT2D eigenvalue weighted by Gasteiger charge is 2.29. The van der Waals surface area contributed by atoms with Gasteiger partial charge in [0.1, 0.15) is 0 Å². The lowest BCUT2D eigenvalue weighted by molar-refractivity contribution is -0.137. The molecule has 2 aromatic carbocycles. The molecule has 2 N–H and O–H groups in total. The third-order valence-electron chi connectivity index (χ3n) is 3.96. The van der Waals surface area contributed by atoms with Crippen molar-refractivity contribution in [2.75, 3.05) is 13.6 Å². The number of carbonyl (C=O) groups is 2. The van der Waals surface area contributed by atoms with Gasteiger partial charge in [-0.05, 0) is 34.9 Å². The number of hydrogen-bond acceptors (Lipinski definition) is 2. The van der Waals surface area contributed by atoms with Crippen molar-refractivity contribution in [1.82, 2.24) is 10.2 Å². The van der Waals surface area contributed by atoms with Gasteiger partial charge in [0.25, 0.3) is 0 Å². The number of benzene rings is 2. The van der Waals surface area contributed by atoms with E-state index in [1.807, 2.05) is 0 Å². The summed E-state index contributed by atoms with van der Waals surface area (Å²) in [5.41, 5.74) is 1.45. The van der Waals surface area contributed by atoms with Crippen LogP contribution in [-0.2, 0) is 17.5 Å². The largest absolute Gasteiger partial charge is 0.465 e. The number of alkyl halides is 3. The number of amides is 2. The van der Waals surface area contributed by atoms with E-state index in [-0.39, 0.29) is 25.4 Å². The number of halogens is 3. The topological polar surface area (TPSA) is 69.6 Å². The van der Waals surface area contributed by atoms with E-state index in [0.717, 1.165) is 28.2 Å². The smallest absolute Gasteiger partial charge is 0.416 e. The lowest BCUT2D eigenvalue weighted by Crippen LogP contribution is -2.31. The first-order valence-corrected chi connectivity index (χ1v) is 8.14. The van der Waals surface area contributed by atoms with Crippen LogP contribution in [-0.4, -0.2) is 35.6 Å². The molecule has 0 aliphatic carbocycles. The van der Waals surface area contributed by atoms with E-state index in [2.05, 4.69) is 5.32 Å². The van der Waals surface area contributed by atoms with Crippen LogP contribution in [0.2, 0.25) is 0 Å².